The molecule has 2 aromatic rings. The second-order valence-corrected chi connectivity index (χ2v) is 4.01. The molecule has 0 spiro atoms. The third kappa shape index (κ3) is 2.18. The Bertz CT molecular complexity index is 520. The summed E-state index contributed by atoms with van der Waals surface area (Å²) in [6.45, 7) is 4.17. The van der Waals surface area contributed by atoms with Gasteiger partial charge in [0.15, 0.2) is 0 Å². The van der Waals surface area contributed by atoms with Gasteiger partial charge in [0.1, 0.15) is 5.75 Å². The molecule has 0 atom stereocenters. The summed E-state index contributed by atoms with van der Waals surface area (Å²) in [6.07, 6.45) is 2.15. The van der Waals surface area contributed by atoms with Crippen molar-refractivity contribution in [3.05, 3.63) is 47.5 Å². The molecule has 2 rings (SSSR count). The highest BCUT2D eigenvalue weighted by Gasteiger charge is 1.96. The van der Waals surface area contributed by atoms with Gasteiger partial charge in [0, 0.05) is 0 Å². The van der Waals surface area contributed by atoms with Crippen molar-refractivity contribution in [3.8, 4) is 5.75 Å². The van der Waals surface area contributed by atoms with Crippen molar-refractivity contribution in [1.29, 1.82) is 0 Å². The first-order chi connectivity index (χ1) is 7.15. The number of hydrogen-bond acceptors (Lipinski definition) is 1. The van der Waals surface area contributed by atoms with Crippen molar-refractivity contribution >= 4 is 16.8 Å². The van der Waals surface area contributed by atoms with E-state index in [0.29, 0.717) is 5.75 Å². The highest BCUT2D eigenvalue weighted by molar-refractivity contribution is 5.86. The molecule has 0 unspecified atom stereocenters. The quantitative estimate of drug-likeness (QED) is 0.735. The number of fused-ring (bicyclic) bond motifs is 1. The maximum atomic E-state index is 9.33. The lowest BCUT2D eigenvalue weighted by Gasteiger charge is -2.01. The summed E-state index contributed by atoms with van der Waals surface area (Å²) in [5, 5.41) is 11.6. The monoisotopic (exact) mass is 198 g/mol. The van der Waals surface area contributed by atoms with Crippen LogP contribution in [0.25, 0.3) is 16.8 Å². The van der Waals surface area contributed by atoms with Crippen molar-refractivity contribution in [1.82, 2.24) is 0 Å². The Kier molecular flexibility index (Phi) is 2.46. The molecule has 0 aromatic heterocycles. The molecule has 0 saturated carbocycles. The SMILES string of the molecule is CC(C)=Cc1ccc2cc(O)ccc2c1. The average molecular weight is 198 g/mol. The van der Waals surface area contributed by atoms with Crippen LogP contribution in [-0.4, -0.2) is 5.11 Å². The third-order valence-electron chi connectivity index (χ3n) is 2.30. The van der Waals surface area contributed by atoms with E-state index in [1.54, 1.807) is 12.1 Å². The van der Waals surface area contributed by atoms with E-state index in [1.165, 1.54) is 11.1 Å². The molecular weight excluding hydrogens is 184 g/mol. The number of rotatable bonds is 1. The smallest absolute Gasteiger partial charge is 0.116 e. The number of benzene rings is 2. The summed E-state index contributed by atoms with van der Waals surface area (Å²) in [4.78, 5) is 0. The van der Waals surface area contributed by atoms with Crippen LogP contribution in [-0.2, 0) is 0 Å². The molecule has 0 aliphatic rings. The molecule has 0 aliphatic carbocycles. The Morgan fingerprint density at radius 3 is 2.40 bits per heavy atom. The number of phenols is 1. The van der Waals surface area contributed by atoms with E-state index >= 15 is 0 Å². The molecule has 0 bridgehead atoms. The molecule has 1 nitrogen and oxygen atoms in total. The first kappa shape index (κ1) is 9.78. The second kappa shape index (κ2) is 3.77. The molecule has 1 heteroatoms. The molecule has 15 heavy (non-hydrogen) atoms. The normalized spacial score (nSPS) is 10.3. The first-order valence-corrected chi connectivity index (χ1v) is 5.03. The van der Waals surface area contributed by atoms with Crippen LogP contribution >= 0.6 is 0 Å². The van der Waals surface area contributed by atoms with E-state index in [-0.39, 0.29) is 0 Å². The molecule has 0 radical (unpaired) electrons. The fourth-order valence-electron chi connectivity index (χ4n) is 1.67. The van der Waals surface area contributed by atoms with Crippen LogP contribution in [0, 0.1) is 0 Å². The molecule has 1 N–H and O–H groups in total. The number of hydrogen-bond donors (Lipinski definition) is 1. The number of allylic oxidation sites excluding steroid dienone is 1. The Balaban J connectivity index is 2.57. The van der Waals surface area contributed by atoms with Gasteiger partial charge >= 0.3 is 0 Å². The summed E-state index contributed by atoms with van der Waals surface area (Å²) in [5.41, 5.74) is 2.49. The minimum Gasteiger partial charge on any atom is -0.508 e. The fraction of sp³-hybridized carbons (Fsp3) is 0.143. The van der Waals surface area contributed by atoms with Crippen molar-refractivity contribution < 1.29 is 5.11 Å². The molecule has 76 valence electrons. The van der Waals surface area contributed by atoms with Crippen LogP contribution in [0.15, 0.2) is 42.0 Å². The summed E-state index contributed by atoms with van der Waals surface area (Å²) in [6, 6.07) is 11.7. The molecule has 0 saturated heterocycles. The summed E-state index contributed by atoms with van der Waals surface area (Å²) in [7, 11) is 0. The highest BCUT2D eigenvalue weighted by Crippen LogP contribution is 2.21. The zero-order chi connectivity index (χ0) is 10.8. The van der Waals surface area contributed by atoms with E-state index in [0.717, 1.165) is 10.8 Å². The molecule has 0 heterocycles. The number of aromatic hydroxyl groups is 1. The molecular formula is C14H14O. The Labute approximate surface area is 89.7 Å². The topological polar surface area (TPSA) is 20.2 Å². The van der Waals surface area contributed by atoms with Gasteiger partial charge in [0.25, 0.3) is 0 Å². The van der Waals surface area contributed by atoms with Crippen molar-refractivity contribution in [3.63, 3.8) is 0 Å². The standard InChI is InChI=1S/C14H14O/c1-10(2)7-11-3-4-13-9-14(15)6-5-12(13)8-11/h3-9,15H,1-2H3. The van der Waals surface area contributed by atoms with Gasteiger partial charge in [-0.3, -0.25) is 0 Å². The van der Waals surface area contributed by atoms with Crippen LogP contribution in [0.1, 0.15) is 19.4 Å². The van der Waals surface area contributed by atoms with Gasteiger partial charge in [-0.25, -0.2) is 0 Å². The van der Waals surface area contributed by atoms with Gasteiger partial charge < -0.3 is 5.11 Å². The zero-order valence-electron chi connectivity index (χ0n) is 8.99. The van der Waals surface area contributed by atoms with Crippen molar-refractivity contribution in [2.45, 2.75) is 13.8 Å². The van der Waals surface area contributed by atoms with Crippen LogP contribution in [0.3, 0.4) is 0 Å². The van der Waals surface area contributed by atoms with Gasteiger partial charge in [0.05, 0.1) is 0 Å². The first-order valence-electron chi connectivity index (χ1n) is 5.03. The van der Waals surface area contributed by atoms with Crippen LogP contribution in [0.5, 0.6) is 5.75 Å². The maximum Gasteiger partial charge on any atom is 0.116 e. The lowest BCUT2D eigenvalue weighted by Crippen LogP contribution is -1.76. The highest BCUT2D eigenvalue weighted by atomic mass is 16.3. The van der Waals surface area contributed by atoms with E-state index in [4.69, 9.17) is 0 Å². The molecule has 2 aromatic carbocycles. The largest absolute Gasteiger partial charge is 0.508 e. The Morgan fingerprint density at radius 2 is 1.67 bits per heavy atom. The van der Waals surface area contributed by atoms with Gasteiger partial charge in [-0.15, -0.1) is 0 Å². The van der Waals surface area contributed by atoms with Crippen LogP contribution in [0.4, 0.5) is 0 Å². The van der Waals surface area contributed by atoms with Gasteiger partial charge in [-0.2, -0.15) is 0 Å². The van der Waals surface area contributed by atoms with Gasteiger partial charge in [-0.1, -0.05) is 29.8 Å². The van der Waals surface area contributed by atoms with E-state index in [1.807, 2.05) is 12.1 Å². The van der Waals surface area contributed by atoms with Gasteiger partial charge in [-0.05, 0) is 48.4 Å². The van der Waals surface area contributed by atoms with Crippen molar-refractivity contribution in [2.24, 2.45) is 0 Å². The van der Waals surface area contributed by atoms with Gasteiger partial charge in [0.2, 0.25) is 0 Å². The maximum absolute atomic E-state index is 9.33. The third-order valence-corrected chi connectivity index (χ3v) is 2.30. The molecule has 0 fully saturated rings. The minimum atomic E-state index is 0.317. The predicted octanol–water partition coefficient (Wildman–Crippen LogP) is 3.97. The minimum absolute atomic E-state index is 0.317. The van der Waals surface area contributed by atoms with E-state index in [2.05, 4.69) is 32.1 Å². The second-order valence-electron chi connectivity index (χ2n) is 4.01. The summed E-state index contributed by atoms with van der Waals surface area (Å²) in [5.74, 6) is 0.317. The van der Waals surface area contributed by atoms with Crippen molar-refractivity contribution in [2.75, 3.05) is 0 Å². The fourth-order valence-corrected chi connectivity index (χ4v) is 1.67. The lowest BCUT2D eigenvalue weighted by atomic mass is 10.1. The summed E-state index contributed by atoms with van der Waals surface area (Å²) < 4.78 is 0. The van der Waals surface area contributed by atoms with Crippen LogP contribution in [0.2, 0.25) is 0 Å². The molecule has 0 aliphatic heterocycles. The lowest BCUT2D eigenvalue weighted by molar-refractivity contribution is 0.476. The predicted molar refractivity (Wildman–Crippen MR) is 64.9 cm³/mol. The Morgan fingerprint density at radius 1 is 1.00 bits per heavy atom. The molecule has 0 amide bonds. The van der Waals surface area contributed by atoms with E-state index in [9.17, 15) is 5.11 Å². The summed E-state index contributed by atoms with van der Waals surface area (Å²) >= 11 is 0. The Hall–Kier alpha value is -1.76. The van der Waals surface area contributed by atoms with Crippen LogP contribution < -0.4 is 0 Å². The number of phenolic OH excluding ortho intramolecular Hbond substituents is 1. The van der Waals surface area contributed by atoms with E-state index < -0.39 is 0 Å². The zero-order valence-corrected chi connectivity index (χ0v) is 8.99. The average Bonchev–Trinajstić information content (AvgIpc) is 2.17.